The predicted molar refractivity (Wildman–Crippen MR) is 99.2 cm³/mol. The van der Waals surface area contributed by atoms with Crippen molar-refractivity contribution in [3.8, 4) is 5.75 Å². The SMILES string of the molecule is CCCCCCCCn1nnn(CCOc2ccc(Cl)cc2Cl)c1=N. The van der Waals surface area contributed by atoms with Crippen molar-refractivity contribution in [3.05, 3.63) is 33.9 Å². The van der Waals surface area contributed by atoms with Crippen LogP contribution < -0.4 is 10.4 Å². The Labute approximate surface area is 158 Å². The molecule has 0 amide bonds. The van der Waals surface area contributed by atoms with Crippen molar-refractivity contribution in [2.24, 2.45) is 0 Å². The summed E-state index contributed by atoms with van der Waals surface area (Å²) in [6.45, 7) is 3.74. The molecule has 0 aliphatic rings. The smallest absolute Gasteiger partial charge is 0.238 e. The number of benzene rings is 1. The van der Waals surface area contributed by atoms with E-state index < -0.39 is 0 Å². The van der Waals surface area contributed by atoms with Crippen LogP contribution in [0.1, 0.15) is 45.4 Å². The molecule has 1 heterocycles. The first kappa shape index (κ1) is 19.8. The van der Waals surface area contributed by atoms with Gasteiger partial charge in [-0.1, -0.05) is 62.2 Å². The fourth-order valence-electron chi connectivity index (χ4n) is 2.49. The number of nitrogens with zero attached hydrogens (tertiary/aromatic N) is 4. The number of aromatic nitrogens is 4. The van der Waals surface area contributed by atoms with E-state index in [4.69, 9.17) is 33.3 Å². The summed E-state index contributed by atoms with van der Waals surface area (Å²) in [4.78, 5) is 0. The topological polar surface area (TPSA) is 68.7 Å². The highest BCUT2D eigenvalue weighted by Gasteiger charge is 2.06. The Kier molecular flexibility index (Phi) is 8.28. The number of aryl methyl sites for hydroxylation is 1. The molecule has 0 saturated heterocycles. The van der Waals surface area contributed by atoms with E-state index in [-0.39, 0.29) is 0 Å². The number of halogens is 2. The Morgan fingerprint density at radius 1 is 1.00 bits per heavy atom. The number of unbranched alkanes of at least 4 members (excludes halogenated alkanes) is 5. The third-order valence-electron chi connectivity index (χ3n) is 3.92. The molecule has 0 saturated carbocycles. The van der Waals surface area contributed by atoms with E-state index in [1.807, 2.05) is 0 Å². The molecule has 0 aliphatic heterocycles. The van der Waals surface area contributed by atoms with E-state index in [0.29, 0.717) is 34.6 Å². The molecule has 0 spiro atoms. The minimum absolute atomic E-state index is 0.291. The number of rotatable bonds is 11. The standard InChI is InChI=1S/C17H25Cl2N5O/c1-2-3-4-5-6-7-10-23-17(20)24(22-21-23)11-12-25-16-9-8-14(18)13-15(16)19/h8-9,13,20H,2-7,10-12H2,1H3. The van der Waals surface area contributed by atoms with Crippen LogP contribution in [0.25, 0.3) is 0 Å². The van der Waals surface area contributed by atoms with Gasteiger partial charge >= 0.3 is 0 Å². The van der Waals surface area contributed by atoms with Crippen LogP contribution in [-0.2, 0) is 13.1 Å². The summed E-state index contributed by atoms with van der Waals surface area (Å²) in [5.41, 5.74) is 0.291. The van der Waals surface area contributed by atoms with Crippen LogP contribution in [0.3, 0.4) is 0 Å². The molecule has 2 aromatic rings. The lowest BCUT2D eigenvalue weighted by Crippen LogP contribution is -2.27. The van der Waals surface area contributed by atoms with E-state index >= 15 is 0 Å². The summed E-state index contributed by atoms with van der Waals surface area (Å²) in [6, 6.07) is 5.09. The number of ether oxygens (including phenoxy) is 1. The number of hydrogen-bond donors (Lipinski definition) is 1. The summed E-state index contributed by atoms with van der Waals surface area (Å²) in [5.74, 6) is 0.567. The van der Waals surface area contributed by atoms with Crippen LogP contribution in [0.5, 0.6) is 5.75 Å². The van der Waals surface area contributed by atoms with Gasteiger partial charge in [-0.3, -0.25) is 5.41 Å². The summed E-state index contributed by atoms with van der Waals surface area (Å²) in [7, 11) is 0. The van der Waals surface area contributed by atoms with E-state index in [9.17, 15) is 0 Å². The molecule has 0 unspecified atom stereocenters. The van der Waals surface area contributed by atoms with Crippen LogP contribution in [0.2, 0.25) is 10.0 Å². The molecule has 1 aromatic heterocycles. The maximum Gasteiger partial charge on any atom is 0.238 e. The maximum atomic E-state index is 8.13. The quantitative estimate of drug-likeness (QED) is 0.586. The summed E-state index contributed by atoms with van der Waals surface area (Å²) in [6.07, 6.45) is 7.26. The van der Waals surface area contributed by atoms with Gasteiger partial charge in [-0.05, 0) is 35.0 Å². The lowest BCUT2D eigenvalue weighted by Gasteiger charge is -2.07. The molecular formula is C17H25Cl2N5O. The number of nitrogens with one attached hydrogen (secondary N) is 1. The average molecular weight is 386 g/mol. The molecular weight excluding hydrogens is 361 g/mol. The van der Waals surface area contributed by atoms with Crippen LogP contribution >= 0.6 is 23.2 Å². The lowest BCUT2D eigenvalue weighted by atomic mass is 10.1. The molecule has 0 aliphatic carbocycles. The highest BCUT2D eigenvalue weighted by Crippen LogP contribution is 2.27. The first-order valence-corrected chi connectivity index (χ1v) is 9.50. The van der Waals surface area contributed by atoms with Crippen molar-refractivity contribution in [1.29, 1.82) is 5.41 Å². The van der Waals surface area contributed by atoms with Crippen molar-refractivity contribution >= 4 is 23.2 Å². The van der Waals surface area contributed by atoms with Gasteiger partial charge < -0.3 is 4.74 Å². The lowest BCUT2D eigenvalue weighted by molar-refractivity contribution is 0.286. The molecule has 6 nitrogen and oxygen atoms in total. The third kappa shape index (κ3) is 6.36. The van der Waals surface area contributed by atoms with Crippen LogP contribution in [0.15, 0.2) is 18.2 Å². The molecule has 1 N–H and O–H groups in total. The first-order valence-electron chi connectivity index (χ1n) is 8.75. The maximum absolute atomic E-state index is 8.13. The largest absolute Gasteiger partial charge is 0.490 e. The van der Waals surface area contributed by atoms with Gasteiger partial charge in [-0.2, -0.15) is 0 Å². The molecule has 0 atom stereocenters. The summed E-state index contributed by atoms with van der Waals surface area (Å²) in [5, 5.41) is 17.2. The van der Waals surface area contributed by atoms with Gasteiger partial charge in [0.05, 0.1) is 11.6 Å². The van der Waals surface area contributed by atoms with Crippen molar-refractivity contribution in [3.63, 3.8) is 0 Å². The Balaban J connectivity index is 1.76. The van der Waals surface area contributed by atoms with Gasteiger partial charge in [-0.15, -0.1) is 0 Å². The molecule has 25 heavy (non-hydrogen) atoms. The normalized spacial score (nSPS) is 11.0. The van der Waals surface area contributed by atoms with E-state index in [2.05, 4.69) is 17.4 Å². The predicted octanol–water partition coefficient (Wildman–Crippen LogP) is 4.31. The molecule has 1 aromatic carbocycles. The molecule has 0 radical (unpaired) electrons. The Morgan fingerprint density at radius 3 is 2.40 bits per heavy atom. The van der Waals surface area contributed by atoms with Crippen molar-refractivity contribution in [2.45, 2.75) is 58.5 Å². The van der Waals surface area contributed by atoms with Crippen molar-refractivity contribution in [1.82, 2.24) is 19.8 Å². The number of hydrogen-bond acceptors (Lipinski definition) is 4. The molecule has 0 bridgehead atoms. The minimum Gasteiger partial charge on any atom is -0.490 e. The van der Waals surface area contributed by atoms with Crippen molar-refractivity contribution in [2.75, 3.05) is 6.61 Å². The first-order chi connectivity index (χ1) is 12.1. The van der Waals surface area contributed by atoms with Gasteiger partial charge in [0.1, 0.15) is 12.4 Å². The van der Waals surface area contributed by atoms with Crippen LogP contribution in [-0.4, -0.2) is 26.4 Å². The monoisotopic (exact) mass is 385 g/mol. The van der Waals surface area contributed by atoms with E-state index in [1.165, 1.54) is 30.4 Å². The second-order valence-electron chi connectivity index (χ2n) is 5.94. The fraction of sp³-hybridized carbons (Fsp3) is 0.588. The average Bonchev–Trinajstić information content (AvgIpc) is 2.93. The van der Waals surface area contributed by atoms with E-state index in [1.54, 1.807) is 22.9 Å². The Morgan fingerprint density at radius 2 is 1.68 bits per heavy atom. The van der Waals surface area contributed by atoms with Gasteiger partial charge in [0.2, 0.25) is 5.62 Å². The van der Waals surface area contributed by atoms with Gasteiger partial charge in [0, 0.05) is 11.6 Å². The van der Waals surface area contributed by atoms with Gasteiger partial charge in [0.15, 0.2) is 0 Å². The van der Waals surface area contributed by atoms with Gasteiger partial charge in [0.25, 0.3) is 0 Å². The van der Waals surface area contributed by atoms with Gasteiger partial charge in [-0.25, -0.2) is 9.36 Å². The Hall–Kier alpha value is -1.53. The Bertz CT molecular complexity index is 713. The minimum atomic E-state index is 0.291. The zero-order valence-electron chi connectivity index (χ0n) is 14.5. The summed E-state index contributed by atoms with van der Waals surface area (Å²) < 4.78 is 8.79. The molecule has 8 heteroatoms. The third-order valence-corrected chi connectivity index (χ3v) is 4.45. The number of tetrazole rings is 1. The molecule has 2 rings (SSSR count). The zero-order valence-corrected chi connectivity index (χ0v) is 16.1. The van der Waals surface area contributed by atoms with Crippen molar-refractivity contribution < 1.29 is 4.74 Å². The molecule has 0 fully saturated rings. The second-order valence-corrected chi connectivity index (χ2v) is 6.78. The van der Waals surface area contributed by atoms with E-state index in [0.717, 1.165) is 19.4 Å². The summed E-state index contributed by atoms with van der Waals surface area (Å²) >= 11 is 11.9. The molecule has 138 valence electrons. The fourth-order valence-corrected chi connectivity index (χ4v) is 2.96. The highest BCUT2D eigenvalue weighted by molar-refractivity contribution is 6.35. The highest BCUT2D eigenvalue weighted by atomic mass is 35.5. The van der Waals surface area contributed by atoms with Crippen LogP contribution in [0.4, 0.5) is 0 Å². The zero-order chi connectivity index (χ0) is 18.1. The van der Waals surface area contributed by atoms with Crippen LogP contribution in [0, 0.1) is 5.41 Å². The second kappa shape index (κ2) is 10.5.